The van der Waals surface area contributed by atoms with Crippen LogP contribution in [-0.2, 0) is 0 Å². The SMILES string of the molecule is CCC(O)(CC)CNc1cncc(N)c1. The number of hydrogen-bond acceptors (Lipinski definition) is 4. The summed E-state index contributed by atoms with van der Waals surface area (Å²) >= 11 is 0. The van der Waals surface area contributed by atoms with E-state index in [-0.39, 0.29) is 0 Å². The van der Waals surface area contributed by atoms with Crippen molar-refractivity contribution in [1.82, 2.24) is 4.98 Å². The molecule has 0 atom stereocenters. The predicted molar refractivity (Wildman–Crippen MR) is 62.7 cm³/mol. The van der Waals surface area contributed by atoms with Crippen LogP contribution in [0.1, 0.15) is 26.7 Å². The van der Waals surface area contributed by atoms with E-state index >= 15 is 0 Å². The van der Waals surface area contributed by atoms with Gasteiger partial charge >= 0.3 is 0 Å². The Hall–Kier alpha value is -1.29. The van der Waals surface area contributed by atoms with Crippen LogP contribution >= 0.6 is 0 Å². The van der Waals surface area contributed by atoms with E-state index in [9.17, 15) is 5.11 Å². The third-order valence-corrected chi connectivity index (χ3v) is 2.70. The zero-order valence-electron chi connectivity index (χ0n) is 9.33. The highest BCUT2D eigenvalue weighted by Gasteiger charge is 2.21. The van der Waals surface area contributed by atoms with E-state index in [2.05, 4.69) is 10.3 Å². The number of nitrogen functional groups attached to an aromatic ring is 1. The van der Waals surface area contributed by atoms with Crippen LogP contribution in [0.4, 0.5) is 11.4 Å². The highest BCUT2D eigenvalue weighted by atomic mass is 16.3. The molecule has 0 aliphatic carbocycles. The van der Waals surface area contributed by atoms with E-state index < -0.39 is 5.60 Å². The quantitative estimate of drug-likeness (QED) is 0.689. The van der Waals surface area contributed by atoms with E-state index in [1.54, 1.807) is 18.5 Å². The van der Waals surface area contributed by atoms with Gasteiger partial charge in [0.1, 0.15) is 0 Å². The third-order valence-electron chi connectivity index (χ3n) is 2.70. The molecule has 1 aromatic rings. The van der Waals surface area contributed by atoms with Gasteiger partial charge in [0.25, 0.3) is 0 Å². The highest BCUT2D eigenvalue weighted by Crippen LogP contribution is 2.16. The molecule has 4 heteroatoms. The van der Waals surface area contributed by atoms with Gasteiger partial charge in [-0.25, -0.2) is 0 Å². The number of pyridine rings is 1. The second-order valence-corrected chi connectivity index (χ2v) is 3.79. The summed E-state index contributed by atoms with van der Waals surface area (Å²) in [5.74, 6) is 0. The summed E-state index contributed by atoms with van der Waals surface area (Å²) < 4.78 is 0. The summed E-state index contributed by atoms with van der Waals surface area (Å²) in [6.07, 6.45) is 4.75. The molecule has 4 N–H and O–H groups in total. The molecule has 84 valence electrons. The molecule has 1 aromatic heterocycles. The Bertz CT molecular complexity index is 310. The van der Waals surface area contributed by atoms with Crippen molar-refractivity contribution in [2.24, 2.45) is 0 Å². The Morgan fingerprint density at radius 2 is 2.07 bits per heavy atom. The van der Waals surface area contributed by atoms with Crippen LogP contribution in [-0.4, -0.2) is 22.2 Å². The maximum Gasteiger partial charge on any atom is 0.0814 e. The maximum absolute atomic E-state index is 10.0. The molecule has 0 spiro atoms. The van der Waals surface area contributed by atoms with Crippen molar-refractivity contribution >= 4 is 11.4 Å². The molecule has 0 saturated heterocycles. The largest absolute Gasteiger partial charge is 0.397 e. The van der Waals surface area contributed by atoms with Gasteiger partial charge in [0, 0.05) is 12.7 Å². The van der Waals surface area contributed by atoms with Gasteiger partial charge in [0.2, 0.25) is 0 Å². The molecule has 0 bridgehead atoms. The second kappa shape index (κ2) is 4.98. The summed E-state index contributed by atoms with van der Waals surface area (Å²) in [4.78, 5) is 3.97. The molecule has 0 aliphatic rings. The lowest BCUT2D eigenvalue weighted by atomic mass is 9.97. The first kappa shape index (κ1) is 11.8. The van der Waals surface area contributed by atoms with Crippen molar-refractivity contribution in [3.05, 3.63) is 18.5 Å². The lowest BCUT2D eigenvalue weighted by Crippen LogP contribution is -2.35. The number of nitrogens with one attached hydrogen (secondary N) is 1. The van der Waals surface area contributed by atoms with E-state index in [0.717, 1.165) is 18.5 Å². The molecular weight excluding hydrogens is 190 g/mol. The standard InChI is InChI=1S/C11H19N3O/c1-3-11(15,4-2)8-14-10-5-9(12)6-13-7-10/h5-7,14-15H,3-4,8,12H2,1-2H3. The first-order valence-electron chi connectivity index (χ1n) is 5.26. The van der Waals surface area contributed by atoms with Gasteiger partial charge in [0.15, 0.2) is 0 Å². The normalized spacial score (nSPS) is 11.4. The lowest BCUT2D eigenvalue weighted by Gasteiger charge is -2.25. The van der Waals surface area contributed by atoms with Gasteiger partial charge in [-0.05, 0) is 18.9 Å². The molecule has 1 heterocycles. The van der Waals surface area contributed by atoms with Crippen LogP contribution < -0.4 is 11.1 Å². The molecule has 15 heavy (non-hydrogen) atoms. The lowest BCUT2D eigenvalue weighted by molar-refractivity contribution is 0.0457. The molecule has 0 aliphatic heterocycles. The summed E-state index contributed by atoms with van der Waals surface area (Å²) in [5, 5.41) is 13.2. The Morgan fingerprint density at radius 1 is 1.40 bits per heavy atom. The number of nitrogens with two attached hydrogens (primary N) is 1. The summed E-state index contributed by atoms with van der Waals surface area (Å²) in [5.41, 5.74) is 6.41. The van der Waals surface area contributed by atoms with E-state index in [1.807, 2.05) is 13.8 Å². The van der Waals surface area contributed by atoms with Gasteiger partial charge in [-0.1, -0.05) is 13.8 Å². The van der Waals surface area contributed by atoms with Gasteiger partial charge in [-0.3, -0.25) is 4.98 Å². The van der Waals surface area contributed by atoms with Crippen LogP contribution in [0, 0.1) is 0 Å². The smallest absolute Gasteiger partial charge is 0.0814 e. The number of rotatable bonds is 5. The second-order valence-electron chi connectivity index (χ2n) is 3.79. The number of anilines is 2. The monoisotopic (exact) mass is 209 g/mol. The van der Waals surface area contributed by atoms with Crippen LogP contribution in [0.3, 0.4) is 0 Å². The van der Waals surface area contributed by atoms with Gasteiger partial charge < -0.3 is 16.2 Å². The number of nitrogens with zero attached hydrogens (tertiary/aromatic N) is 1. The van der Waals surface area contributed by atoms with Crippen LogP contribution in [0.25, 0.3) is 0 Å². The van der Waals surface area contributed by atoms with Gasteiger partial charge in [-0.15, -0.1) is 0 Å². The molecule has 0 saturated carbocycles. The fraction of sp³-hybridized carbons (Fsp3) is 0.545. The first-order valence-corrected chi connectivity index (χ1v) is 5.26. The minimum absolute atomic E-state index is 0.519. The Labute approximate surface area is 90.5 Å². The zero-order chi connectivity index (χ0) is 11.3. The fourth-order valence-electron chi connectivity index (χ4n) is 1.32. The van der Waals surface area contributed by atoms with Crippen molar-refractivity contribution < 1.29 is 5.11 Å². The molecule has 4 nitrogen and oxygen atoms in total. The van der Waals surface area contributed by atoms with Crippen molar-refractivity contribution in [1.29, 1.82) is 0 Å². The topological polar surface area (TPSA) is 71.2 Å². The maximum atomic E-state index is 10.0. The Morgan fingerprint density at radius 3 is 2.60 bits per heavy atom. The summed E-state index contributed by atoms with van der Waals surface area (Å²) in [6, 6.07) is 1.80. The average molecular weight is 209 g/mol. The number of aliphatic hydroxyl groups is 1. The zero-order valence-corrected chi connectivity index (χ0v) is 9.33. The van der Waals surface area contributed by atoms with Crippen LogP contribution in [0.15, 0.2) is 18.5 Å². The Balaban J connectivity index is 2.56. The molecule has 0 aromatic carbocycles. The van der Waals surface area contributed by atoms with Crippen molar-refractivity contribution in [3.63, 3.8) is 0 Å². The summed E-state index contributed by atoms with van der Waals surface area (Å²) in [7, 11) is 0. The fourth-order valence-corrected chi connectivity index (χ4v) is 1.32. The van der Waals surface area contributed by atoms with Crippen molar-refractivity contribution in [2.75, 3.05) is 17.6 Å². The molecule has 1 rings (SSSR count). The van der Waals surface area contributed by atoms with Crippen LogP contribution in [0.2, 0.25) is 0 Å². The molecule has 0 fully saturated rings. The molecule has 0 radical (unpaired) electrons. The van der Waals surface area contributed by atoms with E-state index in [0.29, 0.717) is 12.2 Å². The number of hydrogen-bond donors (Lipinski definition) is 3. The minimum Gasteiger partial charge on any atom is -0.397 e. The van der Waals surface area contributed by atoms with Gasteiger partial charge in [-0.2, -0.15) is 0 Å². The minimum atomic E-state index is -0.648. The molecule has 0 amide bonds. The molecular formula is C11H19N3O. The molecule has 0 unspecified atom stereocenters. The van der Waals surface area contributed by atoms with Gasteiger partial charge in [0.05, 0.1) is 23.2 Å². The average Bonchev–Trinajstić information content (AvgIpc) is 2.26. The Kier molecular flexibility index (Phi) is 3.91. The number of aromatic nitrogens is 1. The van der Waals surface area contributed by atoms with E-state index in [1.165, 1.54) is 0 Å². The first-order chi connectivity index (χ1) is 7.09. The van der Waals surface area contributed by atoms with Crippen molar-refractivity contribution in [2.45, 2.75) is 32.3 Å². The predicted octanol–water partition coefficient (Wildman–Crippen LogP) is 1.63. The third kappa shape index (κ3) is 3.40. The van der Waals surface area contributed by atoms with E-state index in [4.69, 9.17) is 5.73 Å². The highest BCUT2D eigenvalue weighted by molar-refractivity contribution is 5.51. The van der Waals surface area contributed by atoms with Crippen LogP contribution in [0.5, 0.6) is 0 Å². The van der Waals surface area contributed by atoms with Crippen molar-refractivity contribution in [3.8, 4) is 0 Å². The summed E-state index contributed by atoms with van der Waals surface area (Å²) in [6.45, 7) is 4.47.